The van der Waals surface area contributed by atoms with Gasteiger partial charge in [-0.3, -0.25) is 14.4 Å². The van der Waals surface area contributed by atoms with Crippen LogP contribution in [0.25, 0.3) is 0 Å². The van der Waals surface area contributed by atoms with Crippen LogP contribution in [0.3, 0.4) is 0 Å². The number of rotatable bonds is 3. The highest BCUT2D eigenvalue weighted by Gasteiger charge is 2.42. The Morgan fingerprint density at radius 1 is 1.40 bits per heavy atom. The molecule has 0 N–H and O–H groups in total. The van der Waals surface area contributed by atoms with Gasteiger partial charge in [0.15, 0.2) is 5.78 Å². The maximum atomic E-state index is 12.3. The summed E-state index contributed by atoms with van der Waals surface area (Å²) in [7, 11) is 0. The Hall–Kier alpha value is -1.40. The second-order valence-electron chi connectivity index (χ2n) is 4.97. The van der Waals surface area contributed by atoms with Crippen molar-refractivity contribution in [2.24, 2.45) is 0 Å². The minimum Gasteiger partial charge on any atom is -0.329 e. The molecule has 1 unspecified atom stereocenters. The lowest BCUT2D eigenvalue weighted by molar-refractivity contribution is -0.152. The summed E-state index contributed by atoms with van der Waals surface area (Å²) in [4.78, 5) is 39.9. The third kappa shape index (κ3) is 2.33. The molecule has 2 amide bonds. The third-order valence-electron chi connectivity index (χ3n) is 3.68. The number of carbonyl (C=O) groups is 3. The molecule has 0 radical (unpaired) electrons. The molecule has 1 aromatic rings. The van der Waals surface area contributed by atoms with Crippen molar-refractivity contribution in [2.45, 2.75) is 18.9 Å². The number of hydrogen-bond donors (Lipinski definition) is 0. The van der Waals surface area contributed by atoms with Crippen molar-refractivity contribution in [2.75, 3.05) is 19.6 Å². The minimum absolute atomic E-state index is 0.000179. The first-order valence-corrected chi connectivity index (χ1v) is 7.62. The standard InChI is InChI=1S/C13H13ClN2O3S/c14-11-4-3-10(20-11)9(17)6-15-7-12(18)16-5-1-2-8(16)13(15)19/h3-4,8H,1-2,5-7H2. The predicted molar refractivity (Wildman–Crippen MR) is 75.0 cm³/mol. The van der Waals surface area contributed by atoms with E-state index in [1.807, 2.05) is 0 Å². The highest BCUT2D eigenvalue weighted by atomic mass is 35.5. The summed E-state index contributed by atoms with van der Waals surface area (Å²) in [6.45, 7) is 0.601. The Morgan fingerprint density at radius 3 is 2.90 bits per heavy atom. The van der Waals surface area contributed by atoms with E-state index < -0.39 is 0 Å². The number of hydrogen-bond acceptors (Lipinski definition) is 4. The average Bonchev–Trinajstić information content (AvgIpc) is 3.04. The highest BCUT2D eigenvalue weighted by molar-refractivity contribution is 7.18. The zero-order valence-corrected chi connectivity index (χ0v) is 12.2. The van der Waals surface area contributed by atoms with E-state index in [-0.39, 0.29) is 36.7 Å². The Labute approximate surface area is 125 Å². The van der Waals surface area contributed by atoms with Gasteiger partial charge in [0, 0.05) is 6.54 Å². The monoisotopic (exact) mass is 312 g/mol. The third-order valence-corrected chi connectivity index (χ3v) is 4.95. The molecule has 1 aromatic heterocycles. The van der Waals surface area contributed by atoms with E-state index in [1.165, 1.54) is 16.2 Å². The summed E-state index contributed by atoms with van der Waals surface area (Å²) in [5, 5.41) is 0. The van der Waals surface area contributed by atoms with E-state index in [9.17, 15) is 14.4 Å². The van der Waals surface area contributed by atoms with Crippen LogP contribution in [0.1, 0.15) is 22.5 Å². The molecule has 0 bridgehead atoms. The van der Waals surface area contributed by atoms with Gasteiger partial charge in [0.2, 0.25) is 11.8 Å². The molecule has 7 heteroatoms. The second kappa shape index (κ2) is 5.18. The molecule has 2 aliphatic heterocycles. The quantitative estimate of drug-likeness (QED) is 0.793. The van der Waals surface area contributed by atoms with E-state index in [2.05, 4.69) is 0 Å². The molecule has 5 nitrogen and oxygen atoms in total. The topological polar surface area (TPSA) is 57.7 Å². The van der Waals surface area contributed by atoms with Crippen molar-refractivity contribution in [1.29, 1.82) is 0 Å². The lowest BCUT2D eigenvalue weighted by Gasteiger charge is -2.35. The first kappa shape index (κ1) is 13.6. The van der Waals surface area contributed by atoms with Crippen LogP contribution in [0.15, 0.2) is 12.1 Å². The van der Waals surface area contributed by atoms with Gasteiger partial charge in [0.05, 0.1) is 15.8 Å². The van der Waals surface area contributed by atoms with Gasteiger partial charge in [-0.2, -0.15) is 0 Å². The van der Waals surface area contributed by atoms with Crippen molar-refractivity contribution in [3.05, 3.63) is 21.3 Å². The van der Waals surface area contributed by atoms with Crippen molar-refractivity contribution >= 4 is 40.5 Å². The fraction of sp³-hybridized carbons (Fsp3) is 0.462. The highest BCUT2D eigenvalue weighted by Crippen LogP contribution is 2.25. The van der Waals surface area contributed by atoms with Gasteiger partial charge in [-0.1, -0.05) is 11.6 Å². The van der Waals surface area contributed by atoms with Crippen LogP contribution in [0.2, 0.25) is 4.34 Å². The normalized spacial score (nSPS) is 22.4. The second-order valence-corrected chi connectivity index (χ2v) is 6.68. The molecular formula is C13H13ClN2O3S. The number of fused-ring (bicyclic) bond motifs is 1. The zero-order valence-electron chi connectivity index (χ0n) is 10.7. The SMILES string of the molecule is O=C(CN1CC(=O)N2CCCC2C1=O)c1ccc(Cl)s1. The maximum absolute atomic E-state index is 12.3. The summed E-state index contributed by atoms with van der Waals surface area (Å²) >= 11 is 6.99. The Bertz CT molecular complexity index is 586. The van der Waals surface area contributed by atoms with Crippen LogP contribution in [-0.2, 0) is 9.59 Å². The Morgan fingerprint density at radius 2 is 2.20 bits per heavy atom. The summed E-state index contributed by atoms with van der Waals surface area (Å²) in [5.74, 6) is -0.350. The number of amides is 2. The Balaban J connectivity index is 1.72. The predicted octanol–water partition coefficient (Wildman–Crippen LogP) is 1.42. The molecule has 3 rings (SSSR count). The smallest absolute Gasteiger partial charge is 0.246 e. The van der Waals surface area contributed by atoms with E-state index >= 15 is 0 Å². The molecule has 2 aliphatic rings. The largest absolute Gasteiger partial charge is 0.329 e. The number of thiophene rings is 1. The van der Waals surface area contributed by atoms with Gasteiger partial charge in [-0.05, 0) is 25.0 Å². The molecule has 3 heterocycles. The first-order chi connectivity index (χ1) is 9.56. The van der Waals surface area contributed by atoms with Gasteiger partial charge < -0.3 is 9.80 Å². The van der Waals surface area contributed by atoms with E-state index in [1.54, 1.807) is 17.0 Å². The molecule has 2 fully saturated rings. The van der Waals surface area contributed by atoms with Crippen LogP contribution in [0, 0.1) is 0 Å². The van der Waals surface area contributed by atoms with Gasteiger partial charge in [0.1, 0.15) is 12.6 Å². The van der Waals surface area contributed by atoms with E-state index in [0.717, 1.165) is 6.42 Å². The van der Waals surface area contributed by atoms with Crippen molar-refractivity contribution in [3.63, 3.8) is 0 Å². The van der Waals surface area contributed by atoms with Crippen LogP contribution < -0.4 is 0 Å². The molecule has 106 valence electrons. The molecule has 0 aliphatic carbocycles. The summed E-state index contributed by atoms with van der Waals surface area (Å²) < 4.78 is 0.538. The zero-order chi connectivity index (χ0) is 14.3. The summed E-state index contributed by atoms with van der Waals surface area (Å²) in [6, 6.07) is 2.94. The first-order valence-electron chi connectivity index (χ1n) is 6.43. The molecule has 1 atom stereocenters. The number of ketones is 1. The molecular weight excluding hydrogens is 300 g/mol. The van der Waals surface area contributed by atoms with Crippen molar-refractivity contribution in [3.8, 4) is 0 Å². The lowest BCUT2D eigenvalue weighted by Crippen LogP contribution is -2.58. The fourth-order valence-corrected chi connectivity index (χ4v) is 3.69. The van der Waals surface area contributed by atoms with Crippen molar-refractivity contribution < 1.29 is 14.4 Å². The molecule has 0 spiro atoms. The van der Waals surface area contributed by atoms with Gasteiger partial charge >= 0.3 is 0 Å². The molecule has 20 heavy (non-hydrogen) atoms. The minimum atomic E-state index is -0.365. The fourth-order valence-electron chi connectivity index (χ4n) is 2.71. The lowest BCUT2D eigenvalue weighted by atomic mass is 10.1. The molecule has 0 saturated carbocycles. The molecule has 0 aromatic carbocycles. The number of nitrogens with zero attached hydrogens (tertiary/aromatic N) is 2. The van der Waals surface area contributed by atoms with Crippen molar-refractivity contribution in [1.82, 2.24) is 9.80 Å². The number of Topliss-reactive ketones (excluding diaryl/α,β-unsaturated/α-hetero) is 1. The van der Waals surface area contributed by atoms with E-state index in [0.29, 0.717) is 22.2 Å². The Kier molecular flexibility index (Phi) is 3.52. The maximum Gasteiger partial charge on any atom is 0.246 e. The van der Waals surface area contributed by atoms with Gasteiger partial charge in [0.25, 0.3) is 0 Å². The van der Waals surface area contributed by atoms with Gasteiger partial charge in [-0.15, -0.1) is 11.3 Å². The van der Waals surface area contributed by atoms with E-state index in [4.69, 9.17) is 11.6 Å². The average molecular weight is 313 g/mol. The summed E-state index contributed by atoms with van der Waals surface area (Å²) in [6.07, 6.45) is 1.55. The number of piperazine rings is 1. The molecule has 2 saturated heterocycles. The number of carbonyl (C=O) groups excluding carboxylic acids is 3. The summed E-state index contributed by atoms with van der Waals surface area (Å²) in [5.41, 5.74) is 0. The number of halogens is 1. The van der Waals surface area contributed by atoms with Crippen LogP contribution >= 0.6 is 22.9 Å². The van der Waals surface area contributed by atoms with Crippen LogP contribution in [-0.4, -0.2) is 53.1 Å². The van der Waals surface area contributed by atoms with Gasteiger partial charge in [-0.25, -0.2) is 0 Å². The van der Waals surface area contributed by atoms with Crippen LogP contribution in [0.5, 0.6) is 0 Å². The van der Waals surface area contributed by atoms with Crippen LogP contribution in [0.4, 0.5) is 0 Å².